The van der Waals surface area contributed by atoms with Crippen LogP contribution in [0.1, 0.15) is 29.1 Å². The molecule has 0 saturated heterocycles. The smallest absolute Gasteiger partial charge is 0.274 e. The minimum absolute atomic E-state index is 0.208. The van der Waals surface area contributed by atoms with E-state index in [0.717, 1.165) is 17.0 Å². The van der Waals surface area contributed by atoms with Crippen LogP contribution < -0.4 is 10.9 Å². The third-order valence-corrected chi connectivity index (χ3v) is 4.49. The molecule has 136 valence electrons. The zero-order valence-corrected chi connectivity index (χ0v) is 14.9. The van der Waals surface area contributed by atoms with E-state index in [-0.39, 0.29) is 11.4 Å². The fourth-order valence-electron chi connectivity index (χ4n) is 3.13. The van der Waals surface area contributed by atoms with Crippen molar-refractivity contribution in [1.29, 1.82) is 0 Å². The van der Waals surface area contributed by atoms with E-state index >= 15 is 0 Å². The molecule has 1 aromatic heterocycles. The van der Waals surface area contributed by atoms with Gasteiger partial charge in [-0.3, -0.25) is 4.79 Å². The zero-order valence-electron chi connectivity index (χ0n) is 14.9. The number of aromatic nitrogens is 2. The lowest BCUT2D eigenvalue weighted by Gasteiger charge is -2.17. The molecule has 0 unspecified atom stereocenters. The Bertz CT molecular complexity index is 1070. The Morgan fingerprint density at radius 3 is 2.70 bits per heavy atom. The average Bonchev–Trinajstić information content (AvgIpc) is 2.67. The Morgan fingerprint density at radius 1 is 1.11 bits per heavy atom. The van der Waals surface area contributed by atoms with Gasteiger partial charge < -0.3 is 5.32 Å². The Balaban J connectivity index is 1.57. The lowest BCUT2D eigenvalue weighted by Crippen LogP contribution is -2.28. The largest absolute Gasteiger partial charge is 0.379 e. The van der Waals surface area contributed by atoms with Gasteiger partial charge in [-0.25, -0.2) is 9.37 Å². The molecule has 0 saturated carbocycles. The van der Waals surface area contributed by atoms with Gasteiger partial charge in [0.25, 0.3) is 5.56 Å². The van der Waals surface area contributed by atoms with Crippen LogP contribution in [0.3, 0.4) is 0 Å². The van der Waals surface area contributed by atoms with Gasteiger partial charge in [0.05, 0.1) is 18.0 Å². The first-order chi connectivity index (χ1) is 13.1. The minimum Gasteiger partial charge on any atom is -0.379 e. The number of nitrogens with one attached hydrogen (secondary N) is 1. The molecule has 5 nitrogen and oxygen atoms in total. The summed E-state index contributed by atoms with van der Waals surface area (Å²) in [5.74, 6) is 0.356. The molecule has 3 aromatic rings. The van der Waals surface area contributed by atoms with Crippen LogP contribution in [0.4, 0.5) is 10.1 Å². The van der Waals surface area contributed by atoms with Crippen LogP contribution in [-0.2, 0) is 13.0 Å². The van der Waals surface area contributed by atoms with Crippen LogP contribution in [0.15, 0.2) is 64.5 Å². The number of aryl methyl sites for hydroxylation is 2. The van der Waals surface area contributed by atoms with Crippen LogP contribution in [0.2, 0.25) is 0 Å². The van der Waals surface area contributed by atoms with Gasteiger partial charge in [0.1, 0.15) is 11.6 Å². The standard InChI is InChI=1S/C21H19FN4O/c1-14-3-2-4-17(11-14)23-13-18-12-21(27)26-20(24-18)10-9-19(25-26)15-5-7-16(22)8-6-15/h2-8,11-12,23H,9-10,13H2,1H3. The van der Waals surface area contributed by atoms with Gasteiger partial charge in [-0.2, -0.15) is 9.78 Å². The number of hydrogen-bond donors (Lipinski definition) is 1. The summed E-state index contributed by atoms with van der Waals surface area (Å²) in [7, 11) is 0. The van der Waals surface area contributed by atoms with Crippen molar-refractivity contribution in [2.45, 2.75) is 26.3 Å². The molecule has 0 bridgehead atoms. The summed E-state index contributed by atoms with van der Waals surface area (Å²) in [4.78, 5) is 17.1. The molecule has 0 atom stereocenters. The maximum atomic E-state index is 13.1. The van der Waals surface area contributed by atoms with E-state index in [1.165, 1.54) is 28.4 Å². The van der Waals surface area contributed by atoms with Gasteiger partial charge in [-0.05, 0) is 48.7 Å². The van der Waals surface area contributed by atoms with Crippen molar-refractivity contribution in [1.82, 2.24) is 9.66 Å². The maximum Gasteiger partial charge on any atom is 0.274 e. The van der Waals surface area contributed by atoms with E-state index < -0.39 is 0 Å². The topological polar surface area (TPSA) is 59.3 Å². The fraction of sp³-hybridized carbons (Fsp3) is 0.190. The first-order valence-electron chi connectivity index (χ1n) is 8.85. The Hall–Kier alpha value is -3.28. The van der Waals surface area contributed by atoms with Crippen LogP contribution in [0, 0.1) is 12.7 Å². The van der Waals surface area contributed by atoms with Crippen molar-refractivity contribution in [3.8, 4) is 0 Å². The molecule has 4 rings (SSSR count). The molecule has 27 heavy (non-hydrogen) atoms. The summed E-state index contributed by atoms with van der Waals surface area (Å²) in [6.45, 7) is 2.51. The second-order valence-electron chi connectivity index (χ2n) is 6.59. The van der Waals surface area contributed by atoms with Crippen molar-refractivity contribution in [2.75, 3.05) is 5.32 Å². The van der Waals surface area contributed by atoms with Gasteiger partial charge in [0.15, 0.2) is 0 Å². The van der Waals surface area contributed by atoms with E-state index in [1.807, 2.05) is 31.2 Å². The van der Waals surface area contributed by atoms with Gasteiger partial charge in [0.2, 0.25) is 0 Å². The highest BCUT2D eigenvalue weighted by molar-refractivity contribution is 6.00. The first-order valence-corrected chi connectivity index (χ1v) is 8.85. The lowest BCUT2D eigenvalue weighted by molar-refractivity contribution is 0.627. The van der Waals surface area contributed by atoms with Crippen LogP contribution in [0.25, 0.3) is 0 Å². The number of rotatable bonds is 4. The number of anilines is 1. The van der Waals surface area contributed by atoms with Crippen molar-refractivity contribution >= 4 is 11.4 Å². The highest BCUT2D eigenvalue weighted by Crippen LogP contribution is 2.15. The highest BCUT2D eigenvalue weighted by Gasteiger charge is 2.17. The SMILES string of the molecule is Cc1cccc(NCc2cc(=O)n3c(n2)CCC(c2ccc(F)cc2)=N3)c1. The van der Waals surface area contributed by atoms with Gasteiger partial charge in [-0.1, -0.05) is 24.3 Å². The van der Waals surface area contributed by atoms with Gasteiger partial charge in [-0.15, -0.1) is 0 Å². The first kappa shape index (κ1) is 17.1. The third kappa shape index (κ3) is 3.79. The monoisotopic (exact) mass is 362 g/mol. The summed E-state index contributed by atoms with van der Waals surface area (Å²) < 4.78 is 14.5. The van der Waals surface area contributed by atoms with Crippen molar-refractivity contribution in [3.05, 3.63) is 93.4 Å². The van der Waals surface area contributed by atoms with Gasteiger partial charge in [0, 0.05) is 18.2 Å². The molecular weight excluding hydrogens is 343 g/mol. The second-order valence-corrected chi connectivity index (χ2v) is 6.59. The predicted octanol–water partition coefficient (Wildman–Crippen LogP) is 3.50. The molecule has 0 fully saturated rings. The number of nitrogens with zero attached hydrogens (tertiary/aromatic N) is 3. The van der Waals surface area contributed by atoms with E-state index in [9.17, 15) is 9.18 Å². The van der Waals surface area contributed by atoms with E-state index in [0.29, 0.717) is 30.9 Å². The number of halogens is 1. The molecule has 0 aliphatic carbocycles. The summed E-state index contributed by atoms with van der Waals surface area (Å²) in [6.07, 6.45) is 1.27. The summed E-state index contributed by atoms with van der Waals surface area (Å²) in [6, 6.07) is 15.7. The quantitative estimate of drug-likeness (QED) is 0.773. The van der Waals surface area contributed by atoms with Crippen molar-refractivity contribution in [2.24, 2.45) is 5.10 Å². The average molecular weight is 362 g/mol. The molecule has 1 aliphatic heterocycles. The Kier molecular flexibility index (Phi) is 4.54. The number of fused-ring (bicyclic) bond motifs is 1. The second kappa shape index (κ2) is 7.15. The molecular formula is C21H19FN4O. The summed E-state index contributed by atoms with van der Waals surface area (Å²) >= 11 is 0. The highest BCUT2D eigenvalue weighted by atomic mass is 19.1. The number of hydrogen-bond acceptors (Lipinski definition) is 4. The van der Waals surface area contributed by atoms with Crippen LogP contribution >= 0.6 is 0 Å². The number of benzene rings is 2. The van der Waals surface area contributed by atoms with Crippen molar-refractivity contribution in [3.63, 3.8) is 0 Å². The fourth-order valence-corrected chi connectivity index (χ4v) is 3.13. The summed E-state index contributed by atoms with van der Waals surface area (Å²) in [5.41, 5.74) is 4.22. The van der Waals surface area contributed by atoms with Crippen molar-refractivity contribution < 1.29 is 4.39 Å². The molecule has 1 N–H and O–H groups in total. The zero-order chi connectivity index (χ0) is 18.8. The maximum absolute atomic E-state index is 13.1. The van der Waals surface area contributed by atoms with Crippen LogP contribution in [-0.4, -0.2) is 15.4 Å². The van der Waals surface area contributed by atoms with Gasteiger partial charge >= 0.3 is 0 Å². The van der Waals surface area contributed by atoms with E-state index in [1.54, 1.807) is 12.1 Å². The Morgan fingerprint density at radius 2 is 1.93 bits per heavy atom. The normalized spacial score (nSPS) is 13.0. The van der Waals surface area contributed by atoms with E-state index in [2.05, 4.69) is 15.4 Å². The molecule has 1 aliphatic rings. The third-order valence-electron chi connectivity index (χ3n) is 4.49. The summed E-state index contributed by atoms with van der Waals surface area (Å²) in [5, 5.41) is 7.73. The predicted molar refractivity (Wildman–Crippen MR) is 104 cm³/mol. The lowest BCUT2D eigenvalue weighted by atomic mass is 10.0. The molecule has 0 radical (unpaired) electrons. The minimum atomic E-state index is -0.292. The van der Waals surface area contributed by atoms with E-state index in [4.69, 9.17) is 0 Å². The molecule has 2 aromatic carbocycles. The molecule has 0 spiro atoms. The van der Waals surface area contributed by atoms with Crippen LogP contribution in [0.5, 0.6) is 0 Å². The molecule has 6 heteroatoms. The Labute approximate surface area is 156 Å². The molecule has 0 amide bonds. The molecule has 2 heterocycles.